The zero-order chi connectivity index (χ0) is 14.9. The average molecular weight is 290 g/mol. The first-order valence-corrected chi connectivity index (χ1v) is 6.38. The van der Waals surface area contributed by atoms with Crippen LogP contribution in [0.1, 0.15) is 30.9 Å². The topological polar surface area (TPSA) is 78.7 Å². The van der Waals surface area contributed by atoms with Crippen LogP contribution in [0, 0.1) is 11.3 Å². The van der Waals surface area contributed by atoms with Gasteiger partial charge in [-0.25, -0.2) is 9.36 Å². The van der Waals surface area contributed by atoms with Gasteiger partial charge in [-0.15, -0.1) is 0 Å². The smallest absolute Gasteiger partial charge is 0.297 e. The molecule has 1 heterocycles. The second-order valence-electron chi connectivity index (χ2n) is 4.61. The number of nitrogens with one attached hydrogen (secondary N) is 1. The van der Waals surface area contributed by atoms with Gasteiger partial charge in [0.15, 0.2) is 0 Å². The van der Waals surface area contributed by atoms with Crippen molar-refractivity contribution in [2.45, 2.75) is 19.8 Å². The number of H-pyrrole nitrogens is 1. The predicted octanol–water partition coefficient (Wildman–Crippen LogP) is 2.17. The molecule has 0 saturated heterocycles. The lowest BCUT2D eigenvalue weighted by Gasteiger charge is -2.11. The number of hydrogen-bond acceptors (Lipinski definition) is 3. The highest BCUT2D eigenvalue weighted by Crippen LogP contribution is 2.17. The molecule has 102 valence electrons. The van der Waals surface area contributed by atoms with Gasteiger partial charge in [0.25, 0.3) is 5.56 Å². The monoisotopic (exact) mass is 289 g/mol. The summed E-state index contributed by atoms with van der Waals surface area (Å²) >= 11 is 5.92. The maximum absolute atomic E-state index is 12.4. The van der Waals surface area contributed by atoms with Crippen molar-refractivity contribution >= 4 is 11.6 Å². The Balaban J connectivity index is 2.74. The lowest BCUT2D eigenvalue weighted by Crippen LogP contribution is -2.36. The van der Waals surface area contributed by atoms with Crippen LogP contribution in [0.5, 0.6) is 0 Å². The van der Waals surface area contributed by atoms with E-state index in [0.29, 0.717) is 16.8 Å². The van der Waals surface area contributed by atoms with Gasteiger partial charge in [0.05, 0.1) is 22.9 Å². The second kappa shape index (κ2) is 5.35. The fourth-order valence-corrected chi connectivity index (χ4v) is 2.32. The van der Waals surface area contributed by atoms with E-state index >= 15 is 0 Å². The van der Waals surface area contributed by atoms with Gasteiger partial charge in [-0.1, -0.05) is 25.4 Å². The van der Waals surface area contributed by atoms with Crippen molar-refractivity contribution < 1.29 is 0 Å². The highest BCUT2D eigenvalue weighted by molar-refractivity contribution is 6.30. The standard InChI is InChI=1S/C14H12ClN3O2/c1-8(2)11-12(15)17-14(20)18(13(11)19)10-5-3-9(7-16)4-6-10/h3-6,8H,1-2H3,(H,17,20). The van der Waals surface area contributed by atoms with Crippen LogP contribution in [0.15, 0.2) is 33.9 Å². The third-order valence-electron chi connectivity index (χ3n) is 2.92. The van der Waals surface area contributed by atoms with E-state index in [1.54, 1.807) is 24.3 Å². The van der Waals surface area contributed by atoms with Crippen molar-refractivity contribution in [2.24, 2.45) is 0 Å². The Labute approximate surface area is 120 Å². The van der Waals surface area contributed by atoms with Gasteiger partial charge in [0.2, 0.25) is 0 Å². The summed E-state index contributed by atoms with van der Waals surface area (Å²) in [4.78, 5) is 26.8. The molecule has 0 saturated carbocycles. The van der Waals surface area contributed by atoms with Crippen molar-refractivity contribution in [3.05, 3.63) is 61.4 Å². The summed E-state index contributed by atoms with van der Waals surface area (Å²) < 4.78 is 1.02. The Morgan fingerprint density at radius 1 is 1.25 bits per heavy atom. The Hall–Kier alpha value is -2.32. The van der Waals surface area contributed by atoms with Gasteiger partial charge < -0.3 is 0 Å². The first-order valence-electron chi connectivity index (χ1n) is 6.01. The molecular weight excluding hydrogens is 278 g/mol. The van der Waals surface area contributed by atoms with Crippen LogP contribution in [-0.2, 0) is 0 Å². The molecule has 0 aliphatic carbocycles. The van der Waals surface area contributed by atoms with Gasteiger partial charge in [0, 0.05) is 0 Å². The summed E-state index contributed by atoms with van der Waals surface area (Å²) in [5, 5.41) is 8.83. The normalized spacial score (nSPS) is 10.6. The number of rotatable bonds is 2. The third-order valence-corrected chi connectivity index (χ3v) is 3.22. The third kappa shape index (κ3) is 2.38. The summed E-state index contributed by atoms with van der Waals surface area (Å²) in [6.07, 6.45) is 0. The van der Waals surface area contributed by atoms with Crippen LogP contribution in [0.4, 0.5) is 0 Å². The van der Waals surface area contributed by atoms with Crippen molar-refractivity contribution in [1.29, 1.82) is 5.26 Å². The first kappa shape index (κ1) is 14.1. The zero-order valence-corrected chi connectivity index (χ0v) is 11.7. The molecule has 1 N–H and O–H groups in total. The Kier molecular flexibility index (Phi) is 3.77. The van der Waals surface area contributed by atoms with E-state index in [9.17, 15) is 9.59 Å². The molecule has 0 unspecified atom stereocenters. The van der Waals surface area contributed by atoms with E-state index in [4.69, 9.17) is 16.9 Å². The summed E-state index contributed by atoms with van der Waals surface area (Å²) in [6.45, 7) is 3.65. The van der Waals surface area contributed by atoms with Crippen LogP contribution in [0.25, 0.3) is 5.69 Å². The quantitative estimate of drug-likeness (QED) is 0.861. The van der Waals surface area contributed by atoms with Crippen molar-refractivity contribution in [3.8, 4) is 11.8 Å². The second-order valence-corrected chi connectivity index (χ2v) is 4.99. The fourth-order valence-electron chi connectivity index (χ4n) is 1.94. The number of nitrogens with zero attached hydrogens (tertiary/aromatic N) is 2. The first-order chi connectivity index (χ1) is 9.45. The summed E-state index contributed by atoms with van der Waals surface area (Å²) in [6, 6.07) is 8.17. The number of hydrogen-bond donors (Lipinski definition) is 1. The van der Waals surface area contributed by atoms with Crippen LogP contribution in [0.3, 0.4) is 0 Å². The minimum absolute atomic E-state index is 0.0693. The molecule has 0 amide bonds. The molecule has 2 aromatic rings. The molecule has 0 aliphatic heterocycles. The number of aromatic amines is 1. The van der Waals surface area contributed by atoms with E-state index in [0.717, 1.165) is 4.57 Å². The molecule has 0 radical (unpaired) electrons. The SMILES string of the molecule is CC(C)c1c(Cl)[nH]c(=O)n(-c2ccc(C#N)cc2)c1=O. The van der Waals surface area contributed by atoms with E-state index in [-0.39, 0.29) is 11.1 Å². The molecule has 2 rings (SSSR count). The minimum atomic E-state index is -0.603. The van der Waals surface area contributed by atoms with E-state index < -0.39 is 11.2 Å². The summed E-state index contributed by atoms with van der Waals surface area (Å²) in [5.74, 6) is -0.114. The number of nitriles is 1. The van der Waals surface area contributed by atoms with Gasteiger partial charge in [-0.3, -0.25) is 9.78 Å². The number of aromatic nitrogens is 2. The maximum Gasteiger partial charge on any atom is 0.334 e. The molecule has 5 nitrogen and oxygen atoms in total. The van der Waals surface area contributed by atoms with E-state index in [2.05, 4.69) is 4.98 Å². The molecule has 20 heavy (non-hydrogen) atoms. The van der Waals surface area contributed by atoms with Gasteiger partial charge in [-0.05, 0) is 30.2 Å². The summed E-state index contributed by atoms with van der Waals surface area (Å²) in [5.41, 5.74) is 0.160. The molecule has 1 aromatic carbocycles. The molecule has 0 atom stereocenters. The molecule has 0 aliphatic rings. The maximum atomic E-state index is 12.4. The van der Waals surface area contributed by atoms with Gasteiger partial charge >= 0.3 is 5.69 Å². The minimum Gasteiger partial charge on any atom is -0.297 e. The number of halogens is 1. The molecular formula is C14H12ClN3O2. The van der Waals surface area contributed by atoms with E-state index in [1.807, 2.05) is 19.9 Å². The lowest BCUT2D eigenvalue weighted by molar-refractivity contribution is 0.777. The lowest BCUT2D eigenvalue weighted by atomic mass is 10.1. The van der Waals surface area contributed by atoms with Crippen molar-refractivity contribution in [1.82, 2.24) is 9.55 Å². The zero-order valence-electron chi connectivity index (χ0n) is 11.0. The highest BCUT2D eigenvalue weighted by Gasteiger charge is 2.16. The average Bonchev–Trinajstić information content (AvgIpc) is 2.38. The van der Waals surface area contributed by atoms with Crippen molar-refractivity contribution in [3.63, 3.8) is 0 Å². The summed E-state index contributed by atoms with van der Waals surface area (Å²) in [7, 11) is 0. The molecule has 6 heteroatoms. The van der Waals surface area contributed by atoms with E-state index in [1.165, 1.54) is 0 Å². The Morgan fingerprint density at radius 2 is 1.85 bits per heavy atom. The van der Waals surface area contributed by atoms with Crippen LogP contribution >= 0.6 is 11.6 Å². The Morgan fingerprint density at radius 3 is 2.35 bits per heavy atom. The molecule has 1 aromatic heterocycles. The van der Waals surface area contributed by atoms with Crippen LogP contribution in [-0.4, -0.2) is 9.55 Å². The van der Waals surface area contributed by atoms with Gasteiger partial charge in [0.1, 0.15) is 5.15 Å². The molecule has 0 spiro atoms. The molecule has 0 bridgehead atoms. The fraction of sp³-hybridized carbons (Fsp3) is 0.214. The predicted molar refractivity (Wildman–Crippen MR) is 76.5 cm³/mol. The highest BCUT2D eigenvalue weighted by atomic mass is 35.5. The van der Waals surface area contributed by atoms with Gasteiger partial charge in [-0.2, -0.15) is 5.26 Å². The number of benzene rings is 1. The van der Waals surface area contributed by atoms with Crippen molar-refractivity contribution in [2.75, 3.05) is 0 Å². The Bertz CT molecular complexity index is 795. The molecule has 0 fully saturated rings. The van der Waals surface area contributed by atoms with Crippen LogP contribution < -0.4 is 11.2 Å². The van der Waals surface area contributed by atoms with Crippen LogP contribution in [0.2, 0.25) is 5.15 Å². The largest absolute Gasteiger partial charge is 0.334 e.